The molecule has 104 valence electrons. The van der Waals surface area contributed by atoms with Crippen molar-refractivity contribution in [3.05, 3.63) is 46.1 Å². The Morgan fingerprint density at radius 3 is 2.65 bits per heavy atom. The molecule has 0 spiro atoms. The van der Waals surface area contributed by atoms with Gasteiger partial charge in [-0.1, -0.05) is 0 Å². The number of halogens is 3. The molecule has 0 saturated carbocycles. The van der Waals surface area contributed by atoms with E-state index in [4.69, 9.17) is 10.8 Å². The summed E-state index contributed by atoms with van der Waals surface area (Å²) in [5.74, 6) is -2.87. The molecule has 0 unspecified atom stereocenters. The van der Waals surface area contributed by atoms with Gasteiger partial charge in [-0.3, -0.25) is 0 Å². The van der Waals surface area contributed by atoms with Crippen LogP contribution in [0.1, 0.15) is 10.4 Å². The van der Waals surface area contributed by atoms with Crippen molar-refractivity contribution in [3.63, 3.8) is 0 Å². The van der Waals surface area contributed by atoms with Gasteiger partial charge in [0.25, 0.3) is 0 Å². The molecule has 0 aliphatic carbocycles. The van der Waals surface area contributed by atoms with E-state index in [0.717, 1.165) is 12.1 Å². The SMILES string of the molecule is Nc1cnc(Nc2cc(F)c(Br)cc2F)c(C(=O)O)c1. The topological polar surface area (TPSA) is 88.2 Å². The van der Waals surface area contributed by atoms with Crippen LogP contribution in [0.4, 0.5) is 26.0 Å². The normalized spacial score (nSPS) is 10.3. The van der Waals surface area contributed by atoms with E-state index in [0.29, 0.717) is 0 Å². The molecule has 0 amide bonds. The highest BCUT2D eigenvalue weighted by Gasteiger charge is 2.15. The van der Waals surface area contributed by atoms with Gasteiger partial charge in [0.05, 0.1) is 22.0 Å². The fourth-order valence-corrected chi connectivity index (χ4v) is 1.80. The van der Waals surface area contributed by atoms with Gasteiger partial charge in [-0.2, -0.15) is 0 Å². The molecule has 0 radical (unpaired) electrons. The van der Waals surface area contributed by atoms with Crippen LogP contribution in [0.15, 0.2) is 28.9 Å². The molecule has 0 aliphatic heterocycles. The summed E-state index contributed by atoms with van der Waals surface area (Å²) in [6, 6.07) is 2.99. The van der Waals surface area contributed by atoms with E-state index in [1.807, 2.05) is 0 Å². The number of aromatic nitrogens is 1. The van der Waals surface area contributed by atoms with Crippen molar-refractivity contribution in [3.8, 4) is 0 Å². The molecule has 1 aromatic carbocycles. The molecule has 0 atom stereocenters. The standard InChI is InChI=1S/C12H8BrF2N3O2/c13-7-2-9(15)10(3-8(7)14)18-11-6(12(19)20)1-5(16)4-17-11/h1-4H,16H2,(H,17,18)(H,19,20). The van der Waals surface area contributed by atoms with E-state index in [1.54, 1.807) is 0 Å². The lowest BCUT2D eigenvalue weighted by molar-refractivity contribution is 0.0697. The molecule has 1 aromatic heterocycles. The maximum Gasteiger partial charge on any atom is 0.339 e. The first-order chi connectivity index (χ1) is 9.38. The predicted molar refractivity (Wildman–Crippen MR) is 72.9 cm³/mol. The summed E-state index contributed by atoms with van der Waals surface area (Å²) in [5, 5.41) is 11.5. The minimum Gasteiger partial charge on any atom is -0.478 e. The Labute approximate surface area is 120 Å². The number of carboxylic acids is 1. The number of carbonyl (C=O) groups is 1. The van der Waals surface area contributed by atoms with Crippen LogP contribution in [-0.2, 0) is 0 Å². The monoisotopic (exact) mass is 343 g/mol. The molecule has 8 heteroatoms. The second-order valence-corrected chi connectivity index (χ2v) is 4.70. The Morgan fingerprint density at radius 2 is 2.00 bits per heavy atom. The third-order valence-electron chi connectivity index (χ3n) is 2.40. The molecule has 1 heterocycles. The first kappa shape index (κ1) is 14.2. The number of hydrogen-bond acceptors (Lipinski definition) is 4. The van der Waals surface area contributed by atoms with Crippen LogP contribution in [0.25, 0.3) is 0 Å². The van der Waals surface area contributed by atoms with Crippen LogP contribution in [0.2, 0.25) is 0 Å². The number of nitrogens with one attached hydrogen (secondary N) is 1. The zero-order valence-electron chi connectivity index (χ0n) is 9.82. The molecule has 20 heavy (non-hydrogen) atoms. The quantitative estimate of drug-likeness (QED) is 0.745. The number of nitrogen functional groups attached to an aromatic ring is 1. The number of anilines is 3. The number of aromatic carboxylic acids is 1. The molecule has 2 aromatic rings. The van der Waals surface area contributed by atoms with Gasteiger partial charge in [0.15, 0.2) is 0 Å². The zero-order valence-corrected chi connectivity index (χ0v) is 11.4. The second kappa shape index (κ2) is 5.41. The Balaban J connectivity index is 2.45. The minimum absolute atomic E-state index is 0.0377. The third kappa shape index (κ3) is 2.85. The summed E-state index contributed by atoms with van der Waals surface area (Å²) < 4.78 is 27.0. The molecule has 2 rings (SSSR count). The van der Waals surface area contributed by atoms with E-state index in [1.165, 1.54) is 12.3 Å². The Kier molecular flexibility index (Phi) is 3.84. The van der Waals surface area contributed by atoms with Gasteiger partial charge in [-0.05, 0) is 28.1 Å². The van der Waals surface area contributed by atoms with Crippen molar-refractivity contribution in [1.82, 2.24) is 4.98 Å². The molecule has 0 saturated heterocycles. The van der Waals surface area contributed by atoms with Crippen LogP contribution in [0.3, 0.4) is 0 Å². The highest BCUT2D eigenvalue weighted by molar-refractivity contribution is 9.10. The number of nitrogens with two attached hydrogens (primary N) is 1. The summed E-state index contributed by atoms with van der Waals surface area (Å²) >= 11 is 2.84. The fourth-order valence-electron chi connectivity index (χ4n) is 1.49. The number of rotatable bonds is 3. The molecule has 0 fully saturated rings. The summed E-state index contributed by atoms with van der Waals surface area (Å²) in [6.07, 6.45) is 1.21. The van der Waals surface area contributed by atoms with Crippen molar-refractivity contribution < 1.29 is 18.7 Å². The van der Waals surface area contributed by atoms with Gasteiger partial charge in [0.1, 0.15) is 23.0 Å². The Morgan fingerprint density at radius 1 is 1.30 bits per heavy atom. The average molecular weight is 344 g/mol. The van der Waals surface area contributed by atoms with E-state index in [-0.39, 0.29) is 27.2 Å². The number of carboxylic acid groups (broad SMARTS) is 1. The molecule has 0 bridgehead atoms. The highest BCUT2D eigenvalue weighted by atomic mass is 79.9. The van der Waals surface area contributed by atoms with Crippen molar-refractivity contribution >= 4 is 39.1 Å². The van der Waals surface area contributed by atoms with Crippen LogP contribution >= 0.6 is 15.9 Å². The summed E-state index contributed by atoms with van der Waals surface area (Å²) in [4.78, 5) is 14.8. The van der Waals surface area contributed by atoms with E-state index in [9.17, 15) is 13.6 Å². The number of nitrogens with zero attached hydrogens (tertiary/aromatic N) is 1. The van der Waals surface area contributed by atoms with Crippen LogP contribution in [-0.4, -0.2) is 16.1 Å². The lowest BCUT2D eigenvalue weighted by Gasteiger charge is -2.10. The maximum atomic E-state index is 13.7. The molecule has 5 nitrogen and oxygen atoms in total. The molecule has 4 N–H and O–H groups in total. The summed E-state index contributed by atoms with van der Waals surface area (Å²) in [5.41, 5.74) is 5.11. The number of hydrogen-bond donors (Lipinski definition) is 3. The van der Waals surface area contributed by atoms with Gasteiger partial charge in [-0.25, -0.2) is 18.6 Å². The summed E-state index contributed by atoms with van der Waals surface area (Å²) in [6.45, 7) is 0. The van der Waals surface area contributed by atoms with E-state index >= 15 is 0 Å². The molecule has 0 aliphatic rings. The first-order valence-electron chi connectivity index (χ1n) is 5.29. The highest BCUT2D eigenvalue weighted by Crippen LogP contribution is 2.27. The van der Waals surface area contributed by atoms with Gasteiger partial charge < -0.3 is 16.2 Å². The van der Waals surface area contributed by atoms with Crippen LogP contribution < -0.4 is 11.1 Å². The van der Waals surface area contributed by atoms with E-state index < -0.39 is 17.6 Å². The van der Waals surface area contributed by atoms with Gasteiger partial charge in [-0.15, -0.1) is 0 Å². The van der Waals surface area contributed by atoms with Crippen molar-refractivity contribution in [2.24, 2.45) is 0 Å². The lowest BCUT2D eigenvalue weighted by atomic mass is 10.2. The maximum absolute atomic E-state index is 13.7. The molecular formula is C12H8BrF2N3O2. The van der Waals surface area contributed by atoms with Gasteiger partial charge >= 0.3 is 5.97 Å². The van der Waals surface area contributed by atoms with Crippen LogP contribution in [0, 0.1) is 11.6 Å². The summed E-state index contributed by atoms with van der Waals surface area (Å²) in [7, 11) is 0. The van der Waals surface area contributed by atoms with Gasteiger partial charge in [0.2, 0.25) is 0 Å². The lowest BCUT2D eigenvalue weighted by Crippen LogP contribution is -2.07. The predicted octanol–water partition coefficient (Wildman–Crippen LogP) is 3.15. The van der Waals surface area contributed by atoms with E-state index in [2.05, 4.69) is 26.2 Å². The zero-order chi connectivity index (χ0) is 14.9. The first-order valence-corrected chi connectivity index (χ1v) is 6.08. The van der Waals surface area contributed by atoms with Crippen molar-refractivity contribution in [1.29, 1.82) is 0 Å². The molecular weight excluding hydrogens is 336 g/mol. The van der Waals surface area contributed by atoms with Gasteiger partial charge in [0, 0.05) is 6.07 Å². The fraction of sp³-hybridized carbons (Fsp3) is 0. The smallest absolute Gasteiger partial charge is 0.339 e. The second-order valence-electron chi connectivity index (χ2n) is 3.84. The number of benzene rings is 1. The van der Waals surface area contributed by atoms with Crippen molar-refractivity contribution in [2.75, 3.05) is 11.1 Å². The Hall–Kier alpha value is -2.22. The third-order valence-corrected chi connectivity index (χ3v) is 3.01. The minimum atomic E-state index is -1.29. The number of pyridine rings is 1. The Bertz CT molecular complexity index is 695. The van der Waals surface area contributed by atoms with Crippen LogP contribution in [0.5, 0.6) is 0 Å². The average Bonchev–Trinajstić information content (AvgIpc) is 2.37. The largest absolute Gasteiger partial charge is 0.478 e. The van der Waals surface area contributed by atoms with Crippen molar-refractivity contribution in [2.45, 2.75) is 0 Å².